The van der Waals surface area contributed by atoms with Crippen LogP contribution in [0.3, 0.4) is 0 Å². The smallest absolute Gasteiger partial charge is 0.224 e. The molecule has 2 rings (SSSR count). The third kappa shape index (κ3) is 4.24. The molecule has 21 heavy (non-hydrogen) atoms. The number of hydrogen-bond acceptors (Lipinski definition) is 3. The van der Waals surface area contributed by atoms with Crippen LogP contribution in [-0.2, 0) is 4.79 Å². The summed E-state index contributed by atoms with van der Waals surface area (Å²) in [5, 5.41) is 3.77. The van der Waals surface area contributed by atoms with Crippen molar-refractivity contribution >= 4 is 17.7 Å². The fourth-order valence-electron chi connectivity index (χ4n) is 2.99. The van der Waals surface area contributed by atoms with Gasteiger partial charge in [-0.25, -0.2) is 0 Å². The van der Waals surface area contributed by atoms with Gasteiger partial charge in [-0.1, -0.05) is 50.1 Å². The highest BCUT2D eigenvalue weighted by Gasteiger charge is 2.29. The molecule has 1 amide bonds. The van der Waals surface area contributed by atoms with Gasteiger partial charge in [0.1, 0.15) is 0 Å². The van der Waals surface area contributed by atoms with Gasteiger partial charge >= 0.3 is 0 Å². The van der Waals surface area contributed by atoms with Crippen LogP contribution in [-0.4, -0.2) is 23.5 Å². The number of carbonyl (C=O) groups is 1. The van der Waals surface area contributed by atoms with E-state index in [9.17, 15) is 4.79 Å². The van der Waals surface area contributed by atoms with Crippen molar-refractivity contribution in [3.63, 3.8) is 0 Å². The average molecular weight is 306 g/mol. The molecule has 116 valence electrons. The predicted octanol–water partition coefficient (Wildman–Crippen LogP) is 3.11. The molecule has 4 heteroatoms. The maximum atomic E-state index is 12.5. The molecule has 0 radical (unpaired) electrons. The van der Waals surface area contributed by atoms with E-state index in [4.69, 9.17) is 5.73 Å². The van der Waals surface area contributed by atoms with Crippen LogP contribution in [0.25, 0.3) is 0 Å². The Balaban J connectivity index is 1.95. The first kappa shape index (κ1) is 16.4. The highest BCUT2D eigenvalue weighted by molar-refractivity contribution is 7.99. The number of rotatable bonds is 5. The molecule has 1 aliphatic carbocycles. The first-order valence-corrected chi connectivity index (χ1v) is 9.06. The van der Waals surface area contributed by atoms with Crippen molar-refractivity contribution in [1.29, 1.82) is 0 Å². The molecule has 0 heterocycles. The summed E-state index contributed by atoms with van der Waals surface area (Å²) in [4.78, 5) is 12.5. The zero-order valence-electron chi connectivity index (χ0n) is 12.9. The van der Waals surface area contributed by atoms with Gasteiger partial charge in [0.05, 0.1) is 5.92 Å². The maximum absolute atomic E-state index is 12.5. The molecule has 1 aromatic rings. The van der Waals surface area contributed by atoms with Crippen LogP contribution in [0.1, 0.15) is 44.2 Å². The minimum Gasteiger partial charge on any atom is -0.352 e. The standard InChI is InChI=1S/C17H26N2OS/c1-12(16(18)13-8-4-3-5-9-13)17(20)19-14-10-6-7-11-15(14)21-2/h3-5,8-9,12,14-16H,6-7,10-11,18H2,1-2H3,(H,19,20). The van der Waals surface area contributed by atoms with Gasteiger partial charge in [0, 0.05) is 17.3 Å². The topological polar surface area (TPSA) is 55.1 Å². The van der Waals surface area contributed by atoms with Gasteiger partial charge < -0.3 is 11.1 Å². The van der Waals surface area contributed by atoms with Gasteiger partial charge in [-0.3, -0.25) is 4.79 Å². The van der Waals surface area contributed by atoms with Crippen LogP contribution < -0.4 is 11.1 Å². The molecule has 1 aliphatic rings. The van der Waals surface area contributed by atoms with E-state index in [0.29, 0.717) is 11.3 Å². The quantitative estimate of drug-likeness (QED) is 0.879. The number of nitrogens with one attached hydrogen (secondary N) is 1. The lowest BCUT2D eigenvalue weighted by atomic mass is 9.91. The van der Waals surface area contributed by atoms with E-state index in [1.54, 1.807) is 0 Å². The molecule has 3 N–H and O–H groups in total. The van der Waals surface area contributed by atoms with Crippen molar-refractivity contribution in [2.24, 2.45) is 11.7 Å². The Morgan fingerprint density at radius 3 is 2.62 bits per heavy atom. The number of thioether (sulfide) groups is 1. The molecular weight excluding hydrogens is 280 g/mol. The van der Waals surface area contributed by atoms with E-state index < -0.39 is 0 Å². The van der Waals surface area contributed by atoms with Gasteiger partial charge in [-0.2, -0.15) is 11.8 Å². The molecule has 1 aromatic carbocycles. The Morgan fingerprint density at radius 1 is 1.29 bits per heavy atom. The summed E-state index contributed by atoms with van der Waals surface area (Å²) in [5.41, 5.74) is 7.26. The molecule has 0 aliphatic heterocycles. The molecule has 4 atom stereocenters. The second kappa shape index (κ2) is 7.85. The Bertz CT molecular complexity index is 451. The largest absolute Gasteiger partial charge is 0.352 e. The zero-order valence-corrected chi connectivity index (χ0v) is 13.7. The van der Waals surface area contributed by atoms with Crippen molar-refractivity contribution < 1.29 is 4.79 Å². The van der Waals surface area contributed by atoms with E-state index in [-0.39, 0.29) is 17.9 Å². The summed E-state index contributed by atoms with van der Waals surface area (Å²) >= 11 is 1.87. The number of hydrogen-bond donors (Lipinski definition) is 2. The molecular formula is C17H26N2OS. The van der Waals surface area contributed by atoms with E-state index in [1.807, 2.05) is 49.0 Å². The summed E-state index contributed by atoms with van der Waals surface area (Å²) in [6.07, 6.45) is 6.90. The maximum Gasteiger partial charge on any atom is 0.224 e. The lowest BCUT2D eigenvalue weighted by Crippen LogP contribution is -2.47. The number of benzene rings is 1. The monoisotopic (exact) mass is 306 g/mol. The van der Waals surface area contributed by atoms with Crippen molar-refractivity contribution in [3.8, 4) is 0 Å². The first-order chi connectivity index (χ1) is 10.1. The number of nitrogens with two attached hydrogens (primary N) is 1. The molecule has 1 saturated carbocycles. The van der Waals surface area contributed by atoms with Crippen LogP contribution >= 0.6 is 11.8 Å². The van der Waals surface area contributed by atoms with Crippen LogP contribution in [0.5, 0.6) is 0 Å². The molecule has 0 bridgehead atoms. The number of carbonyl (C=O) groups excluding carboxylic acids is 1. The van der Waals surface area contributed by atoms with E-state index in [1.165, 1.54) is 19.3 Å². The Labute approximate surface area is 132 Å². The molecule has 4 unspecified atom stereocenters. The lowest BCUT2D eigenvalue weighted by molar-refractivity contribution is -0.126. The normalized spacial score (nSPS) is 25.1. The van der Waals surface area contributed by atoms with Crippen LogP contribution in [0.15, 0.2) is 30.3 Å². The van der Waals surface area contributed by atoms with Crippen molar-refractivity contribution in [1.82, 2.24) is 5.32 Å². The summed E-state index contributed by atoms with van der Waals surface area (Å²) in [7, 11) is 0. The summed E-state index contributed by atoms with van der Waals surface area (Å²) in [6.45, 7) is 1.92. The third-order valence-corrected chi connectivity index (χ3v) is 5.64. The second-order valence-electron chi connectivity index (χ2n) is 5.90. The van der Waals surface area contributed by atoms with Gasteiger partial charge in [0.25, 0.3) is 0 Å². The van der Waals surface area contributed by atoms with Gasteiger partial charge in [0.15, 0.2) is 0 Å². The lowest BCUT2D eigenvalue weighted by Gasteiger charge is -2.32. The highest BCUT2D eigenvalue weighted by Crippen LogP contribution is 2.28. The van der Waals surface area contributed by atoms with Gasteiger partial charge in [-0.15, -0.1) is 0 Å². The fourth-order valence-corrected chi connectivity index (χ4v) is 3.92. The van der Waals surface area contributed by atoms with Crippen molar-refractivity contribution in [2.75, 3.05) is 6.26 Å². The Hall–Kier alpha value is -1.00. The van der Waals surface area contributed by atoms with Crippen LogP contribution in [0.2, 0.25) is 0 Å². The molecule has 1 fully saturated rings. The SMILES string of the molecule is CSC1CCCCC1NC(=O)C(C)C(N)c1ccccc1. The molecule has 0 aromatic heterocycles. The Kier molecular flexibility index (Phi) is 6.12. The van der Waals surface area contributed by atoms with Crippen LogP contribution in [0, 0.1) is 5.92 Å². The summed E-state index contributed by atoms with van der Waals surface area (Å²) in [6, 6.07) is 9.91. The first-order valence-electron chi connectivity index (χ1n) is 7.77. The van der Waals surface area contributed by atoms with Crippen molar-refractivity contribution in [3.05, 3.63) is 35.9 Å². The van der Waals surface area contributed by atoms with Gasteiger partial charge in [-0.05, 0) is 24.7 Å². The summed E-state index contributed by atoms with van der Waals surface area (Å²) in [5.74, 6) is -0.130. The van der Waals surface area contributed by atoms with Crippen LogP contribution in [0.4, 0.5) is 0 Å². The highest BCUT2D eigenvalue weighted by atomic mass is 32.2. The minimum absolute atomic E-state index is 0.0808. The zero-order chi connectivity index (χ0) is 15.2. The number of amides is 1. The van der Waals surface area contributed by atoms with E-state index in [2.05, 4.69) is 11.6 Å². The van der Waals surface area contributed by atoms with Crippen molar-refractivity contribution in [2.45, 2.75) is 49.9 Å². The van der Waals surface area contributed by atoms with E-state index in [0.717, 1.165) is 12.0 Å². The molecule has 3 nitrogen and oxygen atoms in total. The summed E-state index contributed by atoms with van der Waals surface area (Å²) < 4.78 is 0. The molecule has 0 saturated heterocycles. The Morgan fingerprint density at radius 2 is 1.95 bits per heavy atom. The predicted molar refractivity (Wildman–Crippen MR) is 90.2 cm³/mol. The minimum atomic E-state index is -0.248. The fraction of sp³-hybridized carbons (Fsp3) is 0.588. The third-order valence-electron chi connectivity index (χ3n) is 4.47. The van der Waals surface area contributed by atoms with Gasteiger partial charge in [0.2, 0.25) is 5.91 Å². The average Bonchev–Trinajstić information content (AvgIpc) is 2.54. The van der Waals surface area contributed by atoms with E-state index >= 15 is 0 Å². The second-order valence-corrected chi connectivity index (χ2v) is 6.98. The molecule has 0 spiro atoms.